The van der Waals surface area contributed by atoms with Gasteiger partial charge in [0, 0.05) is 33.0 Å². The van der Waals surface area contributed by atoms with Gasteiger partial charge in [0.25, 0.3) is 5.91 Å². The molecule has 0 saturated heterocycles. The van der Waals surface area contributed by atoms with Crippen LogP contribution < -0.4 is 10.5 Å². The van der Waals surface area contributed by atoms with E-state index in [0.29, 0.717) is 25.4 Å². The van der Waals surface area contributed by atoms with Crippen LogP contribution in [-0.4, -0.2) is 39.2 Å². The van der Waals surface area contributed by atoms with E-state index in [4.69, 9.17) is 9.88 Å². The van der Waals surface area contributed by atoms with Crippen LogP contribution >= 0.6 is 0 Å². The van der Waals surface area contributed by atoms with E-state index in [2.05, 4.69) is 5.32 Å². The van der Waals surface area contributed by atoms with E-state index in [9.17, 15) is 13.2 Å². The van der Waals surface area contributed by atoms with Crippen molar-refractivity contribution in [2.45, 2.75) is 31.2 Å². The van der Waals surface area contributed by atoms with E-state index in [-0.39, 0.29) is 10.8 Å². The molecule has 0 aliphatic rings. The molecule has 1 rings (SSSR count). The zero-order valence-corrected chi connectivity index (χ0v) is 12.6. The number of ether oxygens (including phenoxy) is 1. The molecule has 1 heterocycles. The summed E-state index contributed by atoms with van der Waals surface area (Å²) in [5.41, 5.74) is 0.295. The lowest BCUT2D eigenvalue weighted by molar-refractivity contribution is 0.0942. The number of sulfonamides is 1. The van der Waals surface area contributed by atoms with E-state index in [0.717, 1.165) is 12.8 Å². The van der Waals surface area contributed by atoms with E-state index in [1.54, 1.807) is 11.7 Å². The second-order valence-electron chi connectivity index (χ2n) is 4.35. The van der Waals surface area contributed by atoms with Crippen molar-refractivity contribution in [3.8, 4) is 0 Å². The number of unbranched alkanes of at least 4 members (excludes halogenated alkanes) is 1. The molecule has 0 atom stereocenters. The SMILES string of the molecule is CCn1cc(S(N)(=O)=O)cc1C(=O)NCCCCOC. The van der Waals surface area contributed by atoms with Gasteiger partial charge in [-0.05, 0) is 25.8 Å². The molecule has 1 amide bonds. The summed E-state index contributed by atoms with van der Waals surface area (Å²) in [4.78, 5) is 11.9. The lowest BCUT2D eigenvalue weighted by atomic mass is 10.3. The summed E-state index contributed by atoms with van der Waals surface area (Å²) in [6.45, 7) is 3.48. The molecule has 0 radical (unpaired) electrons. The molecule has 1 aromatic rings. The first-order valence-corrected chi connectivity index (χ1v) is 7.95. The van der Waals surface area contributed by atoms with Gasteiger partial charge in [0.15, 0.2) is 0 Å². The zero-order valence-electron chi connectivity index (χ0n) is 11.8. The minimum Gasteiger partial charge on any atom is -0.385 e. The molecular formula is C12H21N3O4S. The first-order valence-electron chi connectivity index (χ1n) is 6.40. The van der Waals surface area contributed by atoms with Gasteiger partial charge < -0.3 is 14.6 Å². The van der Waals surface area contributed by atoms with Crippen LogP contribution in [0.15, 0.2) is 17.2 Å². The predicted octanol–water partition coefficient (Wildman–Crippen LogP) is 0.312. The smallest absolute Gasteiger partial charge is 0.267 e. The number of rotatable bonds is 8. The molecule has 8 heteroatoms. The van der Waals surface area contributed by atoms with Crippen LogP contribution in [0.3, 0.4) is 0 Å². The molecule has 0 aliphatic heterocycles. The maximum Gasteiger partial charge on any atom is 0.267 e. The molecule has 7 nitrogen and oxygen atoms in total. The average molecular weight is 303 g/mol. The standard InChI is InChI=1S/C12H21N3O4S/c1-3-15-9-10(20(13,17)18)8-11(15)12(16)14-6-4-5-7-19-2/h8-9H,3-7H2,1-2H3,(H,14,16)(H2,13,17,18). The molecule has 1 aromatic heterocycles. The number of primary sulfonamides is 1. The highest BCUT2D eigenvalue weighted by molar-refractivity contribution is 7.89. The Labute approximate surface area is 119 Å². The van der Waals surface area contributed by atoms with Gasteiger partial charge in [0.05, 0.1) is 0 Å². The fourth-order valence-electron chi connectivity index (χ4n) is 1.76. The van der Waals surface area contributed by atoms with Gasteiger partial charge in [0.2, 0.25) is 10.0 Å². The van der Waals surface area contributed by atoms with Crippen LogP contribution in [0.5, 0.6) is 0 Å². The zero-order chi connectivity index (χ0) is 15.2. The van der Waals surface area contributed by atoms with Crippen molar-refractivity contribution >= 4 is 15.9 Å². The van der Waals surface area contributed by atoms with Gasteiger partial charge in [-0.2, -0.15) is 0 Å². The van der Waals surface area contributed by atoms with E-state index >= 15 is 0 Å². The van der Waals surface area contributed by atoms with Crippen molar-refractivity contribution in [2.75, 3.05) is 20.3 Å². The van der Waals surface area contributed by atoms with Crippen molar-refractivity contribution in [3.63, 3.8) is 0 Å². The van der Waals surface area contributed by atoms with Crippen LogP contribution in [0.4, 0.5) is 0 Å². The third kappa shape index (κ3) is 4.62. The Morgan fingerprint density at radius 1 is 1.45 bits per heavy atom. The molecule has 114 valence electrons. The predicted molar refractivity (Wildman–Crippen MR) is 74.9 cm³/mol. The third-order valence-corrected chi connectivity index (χ3v) is 3.71. The van der Waals surface area contributed by atoms with Gasteiger partial charge in [-0.15, -0.1) is 0 Å². The van der Waals surface area contributed by atoms with Crippen LogP contribution in [0.2, 0.25) is 0 Å². The number of hydrogen-bond donors (Lipinski definition) is 2. The second kappa shape index (κ2) is 7.41. The second-order valence-corrected chi connectivity index (χ2v) is 5.91. The fourth-order valence-corrected chi connectivity index (χ4v) is 2.31. The summed E-state index contributed by atoms with van der Waals surface area (Å²) in [6, 6.07) is 1.29. The Hall–Kier alpha value is -1.38. The Morgan fingerprint density at radius 3 is 2.70 bits per heavy atom. The molecule has 0 saturated carbocycles. The molecule has 0 aromatic carbocycles. The number of aryl methyl sites for hydroxylation is 1. The number of carbonyl (C=O) groups excluding carboxylic acids is 1. The van der Waals surface area contributed by atoms with Gasteiger partial charge in [-0.3, -0.25) is 4.79 Å². The fraction of sp³-hybridized carbons (Fsp3) is 0.583. The molecular weight excluding hydrogens is 282 g/mol. The highest BCUT2D eigenvalue weighted by Crippen LogP contribution is 2.13. The highest BCUT2D eigenvalue weighted by Gasteiger charge is 2.17. The summed E-state index contributed by atoms with van der Waals surface area (Å²) >= 11 is 0. The Balaban J connectivity index is 2.70. The quantitative estimate of drug-likeness (QED) is 0.675. The van der Waals surface area contributed by atoms with Crippen molar-refractivity contribution in [1.82, 2.24) is 9.88 Å². The Morgan fingerprint density at radius 2 is 2.15 bits per heavy atom. The van der Waals surface area contributed by atoms with Crippen LogP contribution in [0, 0.1) is 0 Å². The molecule has 0 bridgehead atoms. The minimum atomic E-state index is -3.80. The van der Waals surface area contributed by atoms with Crippen molar-refractivity contribution < 1.29 is 17.9 Å². The summed E-state index contributed by atoms with van der Waals surface area (Å²) in [7, 11) is -2.17. The number of nitrogens with zero attached hydrogens (tertiary/aromatic N) is 1. The van der Waals surface area contributed by atoms with Crippen molar-refractivity contribution in [2.24, 2.45) is 5.14 Å². The van der Waals surface area contributed by atoms with Gasteiger partial charge in [0.1, 0.15) is 10.6 Å². The number of nitrogens with two attached hydrogens (primary N) is 1. The summed E-state index contributed by atoms with van der Waals surface area (Å²) < 4.78 is 29.0. The molecule has 20 heavy (non-hydrogen) atoms. The van der Waals surface area contributed by atoms with E-state index < -0.39 is 10.0 Å². The van der Waals surface area contributed by atoms with E-state index in [1.165, 1.54) is 12.3 Å². The average Bonchev–Trinajstić information content (AvgIpc) is 2.82. The largest absolute Gasteiger partial charge is 0.385 e. The number of amides is 1. The molecule has 0 fully saturated rings. The third-order valence-electron chi connectivity index (χ3n) is 2.83. The molecule has 0 aliphatic carbocycles. The Bertz CT molecular complexity index is 551. The van der Waals surface area contributed by atoms with Gasteiger partial charge in [-0.1, -0.05) is 0 Å². The number of aromatic nitrogens is 1. The number of methoxy groups -OCH3 is 1. The van der Waals surface area contributed by atoms with Gasteiger partial charge >= 0.3 is 0 Å². The summed E-state index contributed by atoms with van der Waals surface area (Å²) in [6.07, 6.45) is 3.03. The topological polar surface area (TPSA) is 103 Å². The lowest BCUT2D eigenvalue weighted by Crippen LogP contribution is -2.26. The minimum absolute atomic E-state index is 0.0520. The normalized spacial score (nSPS) is 11.6. The monoisotopic (exact) mass is 303 g/mol. The lowest BCUT2D eigenvalue weighted by Gasteiger charge is -2.07. The molecule has 0 unspecified atom stereocenters. The van der Waals surface area contributed by atoms with E-state index in [1.807, 2.05) is 6.92 Å². The summed E-state index contributed by atoms with van der Waals surface area (Å²) in [5.74, 6) is -0.306. The Kier molecular flexibility index (Phi) is 6.18. The summed E-state index contributed by atoms with van der Waals surface area (Å²) in [5, 5.41) is 7.81. The van der Waals surface area contributed by atoms with Crippen LogP contribution in [0.1, 0.15) is 30.3 Å². The van der Waals surface area contributed by atoms with Crippen LogP contribution in [0.25, 0.3) is 0 Å². The highest BCUT2D eigenvalue weighted by atomic mass is 32.2. The van der Waals surface area contributed by atoms with Crippen molar-refractivity contribution in [3.05, 3.63) is 18.0 Å². The maximum absolute atomic E-state index is 12.0. The maximum atomic E-state index is 12.0. The van der Waals surface area contributed by atoms with Crippen LogP contribution in [-0.2, 0) is 21.3 Å². The number of carbonyl (C=O) groups is 1. The number of nitrogens with one attached hydrogen (secondary N) is 1. The van der Waals surface area contributed by atoms with Gasteiger partial charge in [-0.25, -0.2) is 13.6 Å². The first kappa shape index (κ1) is 16.7. The number of hydrogen-bond acceptors (Lipinski definition) is 4. The van der Waals surface area contributed by atoms with Crippen molar-refractivity contribution in [1.29, 1.82) is 0 Å². The molecule has 3 N–H and O–H groups in total. The molecule has 0 spiro atoms. The first-order chi connectivity index (χ1) is 9.40.